The molecule has 1 aliphatic heterocycles. The summed E-state index contributed by atoms with van der Waals surface area (Å²) < 4.78 is 6.24. The Bertz CT molecular complexity index is 813. The molecule has 110 valence electrons. The fourth-order valence-electron chi connectivity index (χ4n) is 3.34. The average Bonchev–Trinajstić information content (AvgIpc) is 3.36. The van der Waals surface area contributed by atoms with Gasteiger partial charge in [0.05, 0.1) is 0 Å². The van der Waals surface area contributed by atoms with Gasteiger partial charge in [-0.15, -0.1) is 0 Å². The highest BCUT2D eigenvalue weighted by Gasteiger charge is 2.73. The van der Waals surface area contributed by atoms with Crippen molar-refractivity contribution in [2.45, 2.75) is 11.2 Å². The van der Waals surface area contributed by atoms with E-state index in [0.717, 1.165) is 16.7 Å². The average molecular weight is 297 g/mol. The molecule has 0 spiro atoms. The molecule has 0 N–H and O–H groups in total. The number of ether oxygens (including phenoxy) is 1. The lowest BCUT2D eigenvalue weighted by Crippen LogP contribution is -2.22. The zero-order chi connectivity index (χ0) is 15.8. The summed E-state index contributed by atoms with van der Waals surface area (Å²) in [6.45, 7) is 0. The van der Waals surface area contributed by atoms with E-state index in [4.69, 9.17) is 4.74 Å². The molecule has 0 amide bonds. The lowest BCUT2D eigenvalue weighted by Gasteiger charge is -2.17. The molecule has 2 heteroatoms. The maximum atomic E-state index is 9.99. The van der Waals surface area contributed by atoms with Gasteiger partial charge in [0.2, 0.25) is 5.60 Å². The molecule has 1 heterocycles. The van der Waals surface area contributed by atoms with Crippen molar-refractivity contribution in [1.29, 1.82) is 5.26 Å². The zero-order valence-electron chi connectivity index (χ0n) is 12.5. The fourth-order valence-corrected chi connectivity index (χ4v) is 3.34. The van der Waals surface area contributed by atoms with E-state index in [1.54, 1.807) is 0 Å². The molecule has 0 aliphatic carbocycles. The highest BCUT2D eigenvalue weighted by Crippen LogP contribution is 2.65. The summed E-state index contributed by atoms with van der Waals surface area (Å²) in [5.74, 6) is 0. The van der Waals surface area contributed by atoms with Gasteiger partial charge < -0.3 is 4.74 Å². The van der Waals surface area contributed by atoms with Crippen LogP contribution in [0, 0.1) is 11.3 Å². The summed E-state index contributed by atoms with van der Waals surface area (Å²) in [4.78, 5) is 0. The molecule has 4 rings (SSSR count). The first-order valence-electron chi connectivity index (χ1n) is 7.61. The number of nitrogens with zero attached hydrogens (tertiary/aromatic N) is 1. The lowest BCUT2D eigenvalue weighted by molar-refractivity contribution is 0.307. The van der Waals surface area contributed by atoms with Gasteiger partial charge in [-0.3, -0.25) is 0 Å². The molecule has 1 atom stereocenters. The standard InChI is InChI=1S/C21H15NO/c22-16-20(17-10-4-1-5-11-17)21(23-20,18-12-6-2-7-13-18)19-14-8-3-9-15-19/h1-15H/t20-/m1/s1. The van der Waals surface area contributed by atoms with E-state index >= 15 is 0 Å². The summed E-state index contributed by atoms with van der Waals surface area (Å²) in [6, 6.07) is 32.1. The van der Waals surface area contributed by atoms with Gasteiger partial charge in [0.25, 0.3) is 0 Å². The molecule has 0 saturated carbocycles. The van der Waals surface area contributed by atoms with Crippen LogP contribution in [0.1, 0.15) is 16.7 Å². The molecule has 0 unspecified atom stereocenters. The fraction of sp³-hybridized carbons (Fsp3) is 0.0952. The first-order chi connectivity index (χ1) is 11.3. The minimum Gasteiger partial charge on any atom is -0.332 e. The van der Waals surface area contributed by atoms with Crippen molar-refractivity contribution in [2.75, 3.05) is 0 Å². The molecule has 1 saturated heterocycles. The van der Waals surface area contributed by atoms with E-state index in [9.17, 15) is 5.26 Å². The lowest BCUT2D eigenvalue weighted by atomic mass is 9.78. The maximum absolute atomic E-state index is 9.99. The van der Waals surface area contributed by atoms with Crippen LogP contribution < -0.4 is 0 Å². The second-order valence-corrected chi connectivity index (χ2v) is 5.67. The molecule has 1 aliphatic rings. The molecule has 0 radical (unpaired) electrons. The van der Waals surface area contributed by atoms with Gasteiger partial charge in [0, 0.05) is 5.56 Å². The highest BCUT2D eigenvalue weighted by atomic mass is 16.6. The monoisotopic (exact) mass is 297 g/mol. The predicted molar refractivity (Wildman–Crippen MR) is 88.5 cm³/mol. The van der Waals surface area contributed by atoms with Crippen molar-refractivity contribution in [1.82, 2.24) is 0 Å². The Morgan fingerprint density at radius 2 is 1.00 bits per heavy atom. The summed E-state index contributed by atoms with van der Waals surface area (Å²) in [7, 11) is 0. The van der Waals surface area contributed by atoms with E-state index in [2.05, 4.69) is 6.07 Å². The highest BCUT2D eigenvalue weighted by molar-refractivity contribution is 5.55. The number of nitriles is 1. The molecule has 0 aromatic heterocycles. The van der Waals surface area contributed by atoms with Crippen LogP contribution in [0.5, 0.6) is 0 Å². The van der Waals surface area contributed by atoms with Gasteiger partial charge >= 0.3 is 0 Å². The van der Waals surface area contributed by atoms with Crippen LogP contribution >= 0.6 is 0 Å². The quantitative estimate of drug-likeness (QED) is 0.673. The molecule has 2 nitrogen and oxygen atoms in total. The minimum atomic E-state index is -0.989. The van der Waals surface area contributed by atoms with E-state index in [-0.39, 0.29) is 0 Å². The third-order valence-electron chi connectivity index (χ3n) is 4.46. The van der Waals surface area contributed by atoms with Crippen LogP contribution in [0.4, 0.5) is 0 Å². The Hall–Kier alpha value is -2.89. The number of epoxide rings is 1. The Morgan fingerprint density at radius 3 is 1.39 bits per heavy atom. The molecular formula is C21H15NO. The second-order valence-electron chi connectivity index (χ2n) is 5.67. The zero-order valence-corrected chi connectivity index (χ0v) is 12.5. The summed E-state index contributed by atoms with van der Waals surface area (Å²) >= 11 is 0. The van der Waals surface area contributed by atoms with Crippen LogP contribution in [0.2, 0.25) is 0 Å². The van der Waals surface area contributed by atoms with Crippen molar-refractivity contribution >= 4 is 0 Å². The second kappa shape index (κ2) is 5.08. The van der Waals surface area contributed by atoms with Crippen molar-refractivity contribution < 1.29 is 4.74 Å². The Kier molecular flexibility index (Phi) is 3.04. The number of rotatable bonds is 3. The number of hydrogen-bond acceptors (Lipinski definition) is 2. The van der Waals surface area contributed by atoms with Crippen molar-refractivity contribution in [2.24, 2.45) is 0 Å². The third-order valence-corrected chi connectivity index (χ3v) is 4.46. The molecule has 3 aromatic rings. The van der Waals surface area contributed by atoms with Gasteiger partial charge in [-0.2, -0.15) is 5.26 Å². The topological polar surface area (TPSA) is 36.3 Å². The van der Waals surface area contributed by atoms with Crippen molar-refractivity contribution in [3.8, 4) is 6.07 Å². The normalized spacial score (nSPS) is 21.3. The van der Waals surface area contributed by atoms with Crippen LogP contribution in [0.25, 0.3) is 0 Å². The first-order valence-corrected chi connectivity index (χ1v) is 7.61. The number of hydrogen-bond donors (Lipinski definition) is 0. The summed E-state index contributed by atoms with van der Waals surface area (Å²) in [5.41, 5.74) is 1.13. The Morgan fingerprint density at radius 1 is 0.609 bits per heavy atom. The SMILES string of the molecule is N#C[C@]1(c2ccccc2)OC1(c1ccccc1)c1ccccc1. The summed E-state index contributed by atoms with van der Waals surface area (Å²) in [5, 5.41) is 9.99. The molecule has 0 bridgehead atoms. The van der Waals surface area contributed by atoms with Crippen LogP contribution in [0.3, 0.4) is 0 Å². The minimum absolute atomic E-state index is 0.758. The number of benzene rings is 3. The molecule has 23 heavy (non-hydrogen) atoms. The van der Waals surface area contributed by atoms with Crippen molar-refractivity contribution in [3.63, 3.8) is 0 Å². The summed E-state index contributed by atoms with van der Waals surface area (Å²) in [6.07, 6.45) is 0. The van der Waals surface area contributed by atoms with Crippen LogP contribution in [-0.2, 0) is 15.9 Å². The van der Waals surface area contributed by atoms with E-state index in [1.807, 2.05) is 91.0 Å². The third kappa shape index (κ3) is 1.84. The molecule has 1 fully saturated rings. The Labute approximate surface area is 135 Å². The van der Waals surface area contributed by atoms with Gasteiger partial charge in [-0.05, 0) is 11.1 Å². The largest absolute Gasteiger partial charge is 0.332 e. The smallest absolute Gasteiger partial charge is 0.218 e. The van der Waals surface area contributed by atoms with E-state index < -0.39 is 11.2 Å². The Balaban J connectivity index is 1.96. The van der Waals surface area contributed by atoms with Crippen molar-refractivity contribution in [3.05, 3.63) is 108 Å². The van der Waals surface area contributed by atoms with E-state index in [1.165, 1.54) is 0 Å². The van der Waals surface area contributed by atoms with Gasteiger partial charge in [-0.1, -0.05) is 91.0 Å². The molecular weight excluding hydrogens is 282 g/mol. The molecule has 3 aromatic carbocycles. The van der Waals surface area contributed by atoms with E-state index in [0.29, 0.717) is 0 Å². The van der Waals surface area contributed by atoms with Gasteiger partial charge in [0.1, 0.15) is 6.07 Å². The van der Waals surface area contributed by atoms with Gasteiger partial charge in [0.15, 0.2) is 5.60 Å². The first kappa shape index (κ1) is 13.8. The maximum Gasteiger partial charge on any atom is 0.218 e. The van der Waals surface area contributed by atoms with Crippen LogP contribution in [0.15, 0.2) is 91.0 Å². The van der Waals surface area contributed by atoms with Crippen LogP contribution in [-0.4, -0.2) is 0 Å². The predicted octanol–water partition coefficient (Wildman–Crippen LogP) is 4.38. The van der Waals surface area contributed by atoms with Gasteiger partial charge in [-0.25, -0.2) is 0 Å².